The molecule has 0 radical (unpaired) electrons. The molecule has 0 amide bonds. The first-order valence-corrected chi connectivity index (χ1v) is 15.5. The van der Waals surface area contributed by atoms with Crippen LogP contribution in [-0.4, -0.2) is 19.1 Å². The first kappa shape index (κ1) is 29.1. The third-order valence-corrected chi connectivity index (χ3v) is 8.53. The average molecular weight is 602 g/mol. The van der Waals surface area contributed by atoms with Crippen molar-refractivity contribution in [3.05, 3.63) is 131 Å². The number of benzene rings is 4. The number of fused-ring (bicyclic) bond motifs is 3. The highest BCUT2D eigenvalue weighted by atomic mass is 16.5. The van der Waals surface area contributed by atoms with Crippen LogP contribution in [-0.2, 0) is 5.41 Å². The predicted octanol–water partition coefficient (Wildman–Crippen LogP) is 9.92. The van der Waals surface area contributed by atoms with Crippen LogP contribution < -0.4 is 4.74 Å². The molecular weight excluding hydrogens is 566 g/mol. The lowest BCUT2D eigenvalue weighted by Crippen LogP contribution is -2.11. The Hall–Kier alpha value is -5.67. The van der Waals surface area contributed by atoms with Crippen LogP contribution in [0, 0.1) is 32.1 Å². The number of pyridine rings is 1. The lowest BCUT2D eigenvalue weighted by molar-refractivity contribution is 0.479. The van der Waals surface area contributed by atoms with Crippen LogP contribution in [0.4, 0.5) is 0 Å². The molecule has 6 heteroatoms. The number of hydrogen-bond acceptors (Lipinski definition) is 4. The number of aromatic nitrogens is 4. The summed E-state index contributed by atoms with van der Waals surface area (Å²) in [7, 11) is 0. The quantitative estimate of drug-likeness (QED) is 0.197. The summed E-state index contributed by atoms with van der Waals surface area (Å²) in [6, 6.07) is 30.9. The average Bonchev–Trinajstić information content (AvgIpc) is 3.63. The maximum Gasteiger partial charge on any atom is 0.144 e. The molecule has 0 saturated carbocycles. The molecule has 46 heavy (non-hydrogen) atoms. The van der Waals surface area contributed by atoms with Crippen molar-refractivity contribution in [3.8, 4) is 40.5 Å². The van der Waals surface area contributed by atoms with Crippen molar-refractivity contribution in [2.75, 3.05) is 0 Å². The Morgan fingerprint density at radius 1 is 0.739 bits per heavy atom. The van der Waals surface area contributed by atoms with Gasteiger partial charge in [-0.25, -0.2) is 9.97 Å². The Bertz CT molecular complexity index is 2290. The first-order valence-electron chi connectivity index (χ1n) is 15.5. The normalized spacial score (nSPS) is 11.7. The van der Waals surface area contributed by atoms with Crippen molar-refractivity contribution in [1.82, 2.24) is 19.1 Å². The smallest absolute Gasteiger partial charge is 0.144 e. The molecule has 0 aliphatic rings. The van der Waals surface area contributed by atoms with Gasteiger partial charge in [-0.3, -0.25) is 9.13 Å². The van der Waals surface area contributed by atoms with Gasteiger partial charge in [0.2, 0.25) is 0 Å². The lowest BCUT2D eigenvalue weighted by atomic mass is 9.86. The molecule has 0 unspecified atom stereocenters. The molecule has 0 spiro atoms. The maximum atomic E-state index is 9.60. The second kappa shape index (κ2) is 11.0. The Balaban J connectivity index is 1.37. The number of nitriles is 1. The maximum absolute atomic E-state index is 9.60. The van der Waals surface area contributed by atoms with E-state index in [0.717, 1.165) is 56.0 Å². The summed E-state index contributed by atoms with van der Waals surface area (Å²) in [6.45, 7) is 13.1. The Morgan fingerprint density at radius 3 is 2.26 bits per heavy atom. The van der Waals surface area contributed by atoms with Crippen LogP contribution >= 0.6 is 0 Å². The van der Waals surface area contributed by atoms with Gasteiger partial charge in [0.25, 0.3) is 0 Å². The minimum Gasteiger partial charge on any atom is -0.457 e. The zero-order chi connectivity index (χ0) is 32.2. The van der Waals surface area contributed by atoms with Crippen LogP contribution in [0.15, 0.2) is 104 Å². The topological polar surface area (TPSA) is 68.7 Å². The van der Waals surface area contributed by atoms with Crippen LogP contribution in [0.2, 0.25) is 0 Å². The fraction of sp³-hybridized carbons (Fsp3) is 0.175. The van der Waals surface area contributed by atoms with E-state index < -0.39 is 0 Å². The summed E-state index contributed by atoms with van der Waals surface area (Å²) in [4.78, 5) is 9.49. The van der Waals surface area contributed by atoms with Gasteiger partial charge in [-0.1, -0.05) is 44.5 Å². The van der Waals surface area contributed by atoms with E-state index in [1.165, 1.54) is 16.7 Å². The van der Waals surface area contributed by atoms with Crippen molar-refractivity contribution < 1.29 is 4.74 Å². The second-order valence-corrected chi connectivity index (χ2v) is 13.0. The molecule has 0 bridgehead atoms. The Labute approximate surface area is 269 Å². The van der Waals surface area contributed by atoms with Gasteiger partial charge in [-0.2, -0.15) is 5.26 Å². The number of ether oxygens (including phenoxy) is 1. The van der Waals surface area contributed by atoms with Gasteiger partial charge in [0.15, 0.2) is 0 Å². The summed E-state index contributed by atoms with van der Waals surface area (Å²) in [6.07, 6.45) is 5.69. The number of imidazole rings is 1. The molecule has 3 aromatic heterocycles. The summed E-state index contributed by atoms with van der Waals surface area (Å²) in [5, 5.41) is 11.6. The summed E-state index contributed by atoms with van der Waals surface area (Å²) in [5.41, 5.74) is 9.38. The molecule has 0 atom stereocenters. The van der Waals surface area contributed by atoms with Gasteiger partial charge in [0, 0.05) is 41.0 Å². The van der Waals surface area contributed by atoms with Crippen LogP contribution in [0.25, 0.3) is 44.7 Å². The van der Waals surface area contributed by atoms with Gasteiger partial charge in [-0.05, 0) is 104 Å². The van der Waals surface area contributed by atoms with E-state index in [9.17, 15) is 5.26 Å². The van der Waals surface area contributed by atoms with Gasteiger partial charge < -0.3 is 4.74 Å². The standard InChI is InChI=1S/C40H35N5O/c1-25-17-26(2)38(27(3)18-25)44-16-15-43-39(44)29-20-30(40(4,5)6)22-32(21-29)46-31-11-12-33-34-19-28(24-41)10-13-35(34)45(36(33)23-31)37-9-7-8-14-42-37/h7-23H,1-6H3. The fourth-order valence-corrected chi connectivity index (χ4v) is 6.47. The molecule has 4 aromatic carbocycles. The zero-order valence-corrected chi connectivity index (χ0v) is 27.0. The summed E-state index contributed by atoms with van der Waals surface area (Å²) in [5.74, 6) is 3.11. The van der Waals surface area contributed by atoms with Gasteiger partial charge in [0.1, 0.15) is 23.1 Å². The van der Waals surface area contributed by atoms with Crippen molar-refractivity contribution in [2.45, 2.75) is 47.0 Å². The van der Waals surface area contributed by atoms with Crippen molar-refractivity contribution in [2.24, 2.45) is 0 Å². The molecule has 0 N–H and O–H groups in total. The van der Waals surface area contributed by atoms with E-state index >= 15 is 0 Å². The minimum atomic E-state index is -0.116. The molecule has 0 aliphatic heterocycles. The van der Waals surface area contributed by atoms with Crippen molar-refractivity contribution in [1.29, 1.82) is 5.26 Å². The summed E-state index contributed by atoms with van der Waals surface area (Å²) < 4.78 is 11.0. The molecule has 226 valence electrons. The molecule has 0 saturated heterocycles. The molecule has 0 fully saturated rings. The highest BCUT2D eigenvalue weighted by molar-refractivity contribution is 6.09. The Kier molecular flexibility index (Phi) is 6.98. The van der Waals surface area contributed by atoms with Gasteiger partial charge in [-0.15, -0.1) is 0 Å². The SMILES string of the molecule is Cc1cc(C)c(-n2ccnc2-c2cc(Oc3ccc4c5cc(C#N)ccc5n(-c5ccccn5)c4c3)cc(C(C)(C)C)c2)c(C)c1. The minimum absolute atomic E-state index is 0.116. The molecular formula is C40H35N5O. The predicted molar refractivity (Wildman–Crippen MR) is 185 cm³/mol. The van der Waals surface area contributed by atoms with E-state index in [0.29, 0.717) is 11.3 Å². The van der Waals surface area contributed by atoms with E-state index in [-0.39, 0.29) is 5.41 Å². The number of rotatable bonds is 5. The lowest BCUT2D eigenvalue weighted by Gasteiger charge is -2.22. The number of hydrogen-bond donors (Lipinski definition) is 0. The second-order valence-electron chi connectivity index (χ2n) is 13.0. The molecule has 7 rings (SSSR count). The zero-order valence-electron chi connectivity index (χ0n) is 27.0. The molecule has 7 aromatic rings. The highest BCUT2D eigenvalue weighted by Crippen LogP contribution is 2.38. The fourth-order valence-electron chi connectivity index (χ4n) is 6.47. The molecule has 3 heterocycles. The third kappa shape index (κ3) is 5.10. The van der Waals surface area contributed by atoms with E-state index in [2.05, 4.69) is 104 Å². The van der Waals surface area contributed by atoms with Crippen LogP contribution in [0.1, 0.15) is 48.6 Å². The van der Waals surface area contributed by atoms with Crippen molar-refractivity contribution >= 4 is 21.8 Å². The monoisotopic (exact) mass is 601 g/mol. The van der Waals surface area contributed by atoms with Crippen LogP contribution in [0.5, 0.6) is 11.5 Å². The van der Waals surface area contributed by atoms with E-state index in [1.54, 1.807) is 6.20 Å². The molecule has 6 nitrogen and oxygen atoms in total. The largest absolute Gasteiger partial charge is 0.457 e. The summed E-state index contributed by atoms with van der Waals surface area (Å²) >= 11 is 0. The third-order valence-electron chi connectivity index (χ3n) is 8.53. The number of aryl methyl sites for hydroxylation is 3. The van der Waals surface area contributed by atoms with Crippen molar-refractivity contribution in [3.63, 3.8) is 0 Å². The highest BCUT2D eigenvalue weighted by Gasteiger charge is 2.21. The van der Waals surface area contributed by atoms with E-state index in [1.807, 2.05) is 54.9 Å². The van der Waals surface area contributed by atoms with E-state index in [4.69, 9.17) is 9.72 Å². The van der Waals surface area contributed by atoms with Gasteiger partial charge >= 0.3 is 0 Å². The van der Waals surface area contributed by atoms with Gasteiger partial charge in [0.05, 0.1) is 28.4 Å². The Morgan fingerprint density at radius 2 is 1.54 bits per heavy atom. The number of nitrogens with zero attached hydrogens (tertiary/aromatic N) is 5. The molecule has 0 aliphatic carbocycles. The van der Waals surface area contributed by atoms with Crippen LogP contribution in [0.3, 0.4) is 0 Å². The first-order chi connectivity index (χ1) is 22.1.